The molecule has 72 valence electrons. The Morgan fingerprint density at radius 3 is 2.54 bits per heavy atom. The van der Waals surface area contributed by atoms with Crippen LogP contribution in [0.25, 0.3) is 0 Å². The maximum absolute atomic E-state index is 13.0. The Hall–Kier alpha value is -0.960. The summed E-state index contributed by atoms with van der Waals surface area (Å²) in [6.07, 6.45) is 0.572. The summed E-state index contributed by atoms with van der Waals surface area (Å²) >= 11 is 0. The van der Waals surface area contributed by atoms with Gasteiger partial charge in [0.15, 0.2) is 11.6 Å². The van der Waals surface area contributed by atoms with Crippen molar-refractivity contribution in [2.75, 3.05) is 0 Å². The molecule has 2 N–H and O–H groups in total. The minimum Gasteiger partial charge on any atom is -0.328 e. The number of hydrogen-bond acceptors (Lipinski definition) is 1. The summed E-state index contributed by atoms with van der Waals surface area (Å²) in [5.41, 5.74) is 6.70. The third-order valence-electron chi connectivity index (χ3n) is 1.99. The van der Waals surface area contributed by atoms with Gasteiger partial charge < -0.3 is 5.73 Å². The van der Waals surface area contributed by atoms with Crippen molar-refractivity contribution < 1.29 is 8.78 Å². The van der Waals surface area contributed by atoms with Crippen molar-refractivity contribution in [1.29, 1.82) is 0 Å². The van der Waals surface area contributed by atoms with Crippen molar-refractivity contribution in [3.63, 3.8) is 0 Å². The molecule has 0 saturated carbocycles. The highest BCUT2D eigenvalue weighted by Crippen LogP contribution is 2.16. The van der Waals surface area contributed by atoms with E-state index in [0.717, 1.165) is 11.6 Å². The molecule has 0 unspecified atom stereocenters. The Kier molecular flexibility index (Phi) is 2.98. The van der Waals surface area contributed by atoms with Gasteiger partial charge in [0.1, 0.15) is 0 Å². The van der Waals surface area contributed by atoms with Gasteiger partial charge in [0.05, 0.1) is 0 Å². The fourth-order valence-corrected chi connectivity index (χ4v) is 1.26. The molecule has 0 spiro atoms. The fraction of sp³-hybridized carbons (Fsp3) is 0.400. The summed E-state index contributed by atoms with van der Waals surface area (Å²) in [5, 5.41) is 0. The van der Waals surface area contributed by atoms with E-state index in [1.807, 2.05) is 6.92 Å². The molecule has 0 amide bonds. The van der Waals surface area contributed by atoms with Crippen LogP contribution < -0.4 is 5.73 Å². The van der Waals surface area contributed by atoms with Crippen LogP contribution in [0.3, 0.4) is 0 Å². The predicted molar refractivity (Wildman–Crippen MR) is 48.4 cm³/mol. The maximum Gasteiger partial charge on any atom is 0.161 e. The van der Waals surface area contributed by atoms with Gasteiger partial charge >= 0.3 is 0 Å². The number of halogens is 2. The lowest BCUT2D eigenvalue weighted by Gasteiger charge is -2.09. The first-order valence-corrected chi connectivity index (χ1v) is 4.21. The molecule has 1 aromatic rings. The van der Waals surface area contributed by atoms with Gasteiger partial charge in [-0.2, -0.15) is 0 Å². The molecule has 3 heteroatoms. The molecule has 1 rings (SSSR count). The predicted octanol–water partition coefficient (Wildman–Crippen LogP) is 2.16. The summed E-state index contributed by atoms with van der Waals surface area (Å²) in [5.74, 6) is -1.57. The van der Waals surface area contributed by atoms with Crippen molar-refractivity contribution >= 4 is 0 Å². The van der Waals surface area contributed by atoms with E-state index >= 15 is 0 Å². The summed E-state index contributed by atoms with van der Waals surface area (Å²) in [6, 6.07) is 2.68. The molecule has 0 aromatic heterocycles. The molecule has 0 saturated heterocycles. The summed E-state index contributed by atoms with van der Waals surface area (Å²) in [7, 11) is 0. The minimum absolute atomic E-state index is 0.0384. The third kappa shape index (κ3) is 2.25. The molecular weight excluding hydrogens is 172 g/mol. The van der Waals surface area contributed by atoms with E-state index in [-0.39, 0.29) is 6.04 Å². The fourth-order valence-electron chi connectivity index (χ4n) is 1.26. The van der Waals surface area contributed by atoms with E-state index in [2.05, 4.69) is 0 Å². The Morgan fingerprint density at radius 1 is 1.38 bits per heavy atom. The highest BCUT2D eigenvalue weighted by Gasteiger charge is 2.09. The molecule has 1 aromatic carbocycles. The first kappa shape index (κ1) is 10.1. The monoisotopic (exact) mass is 185 g/mol. The Labute approximate surface area is 76.6 Å². The van der Waals surface area contributed by atoms with Crippen molar-refractivity contribution in [3.8, 4) is 0 Å². The van der Waals surface area contributed by atoms with E-state index in [4.69, 9.17) is 5.73 Å². The second-order valence-electron chi connectivity index (χ2n) is 3.33. The second-order valence-corrected chi connectivity index (χ2v) is 3.33. The van der Waals surface area contributed by atoms with Crippen molar-refractivity contribution in [2.45, 2.75) is 26.3 Å². The average Bonchev–Trinajstić information content (AvgIpc) is 2.06. The molecule has 0 radical (unpaired) electrons. The molecule has 0 fully saturated rings. The average molecular weight is 185 g/mol. The number of rotatable bonds is 2. The molecule has 0 aliphatic carbocycles. The lowest BCUT2D eigenvalue weighted by molar-refractivity contribution is 0.500. The van der Waals surface area contributed by atoms with E-state index in [0.29, 0.717) is 12.0 Å². The van der Waals surface area contributed by atoms with Gasteiger partial charge in [0.2, 0.25) is 0 Å². The lowest BCUT2D eigenvalue weighted by Crippen LogP contribution is -2.18. The van der Waals surface area contributed by atoms with Crippen LogP contribution >= 0.6 is 0 Å². The van der Waals surface area contributed by atoms with Crippen LogP contribution in [0, 0.1) is 18.6 Å². The van der Waals surface area contributed by atoms with Gasteiger partial charge in [-0.1, -0.05) is 6.07 Å². The zero-order valence-corrected chi connectivity index (χ0v) is 7.77. The summed E-state index contributed by atoms with van der Waals surface area (Å²) < 4.78 is 25.7. The van der Waals surface area contributed by atoms with Gasteiger partial charge in [0.25, 0.3) is 0 Å². The molecular formula is C10H13F2N. The zero-order chi connectivity index (χ0) is 10.0. The lowest BCUT2D eigenvalue weighted by atomic mass is 10.0. The molecule has 13 heavy (non-hydrogen) atoms. The van der Waals surface area contributed by atoms with Crippen LogP contribution in [0.15, 0.2) is 12.1 Å². The minimum atomic E-state index is -0.800. The summed E-state index contributed by atoms with van der Waals surface area (Å²) in [4.78, 5) is 0. The van der Waals surface area contributed by atoms with Crippen LogP contribution in [0.4, 0.5) is 8.78 Å². The van der Waals surface area contributed by atoms with E-state index in [1.165, 1.54) is 0 Å². The van der Waals surface area contributed by atoms with Gasteiger partial charge in [-0.3, -0.25) is 0 Å². The number of benzene rings is 1. The van der Waals surface area contributed by atoms with Crippen LogP contribution in [-0.4, -0.2) is 6.04 Å². The van der Waals surface area contributed by atoms with Crippen molar-refractivity contribution in [1.82, 2.24) is 0 Å². The second kappa shape index (κ2) is 3.83. The van der Waals surface area contributed by atoms with Crippen LogP contribution in [0.5, 0.6) is 0 Å². The number of nitrogens with two attached hydrogens (primary N) is 1. The Bertz CT molecular complexity index is 308. The first-order valence-electron chi connectivity index (χ1n) is 4.21. The van der Waals surface area contributed by atoms with Gasteiger partial charge in [-0.25, -0.2) is 8.78 Å². The Balaban J connectivity index is 3.04. The highest BCUT2D eigenvalue weighted by atomic mass is 19.2. The van der Waals surface area contributed by atoms with Crippen molar-refractivity contribution in [3.05, 3.63) is 34.9 Å². The molecule has 0 aliphatic heterocycles. The summed E-state index contributed by atoms with van der Waals surface area (Å²) in [6.45, 7) is 3.40. The SMILES string of the molecule is Cc1c(C[C@H](C)N)ccc(F)c1F. The molecule has 0 bridgehead atoms. The smallest absolute Gasteiger partial charge is 0.161 e. The van der Waals surface area contributed by atoms with Crippen LogP contribution in [-0.2, 0) is 6.42 Å². The zero-order valence-electron chi connectivity index (χ0n) is 7.77. The highest BCUT2D eigenvalue weighted by molar-refractivity contribution is 5.28. The number of hydrogen-bond donors (Lipinski definition) is 1. The quantitative estimate of drug-likeness (QED) is 0.750. The normalized spacial score (nSPS) is 13.0. The van der Waals surface area contributed by atoms with Gasteiger partial charge in [-0.05, 0) is 37.5 Å². The molecule has 0 aliphatic rings. The van der Waals surface area contributed by atoms with E-state index in [1.54, 1.807) is 13.0 Å². The topological polar surface area (TPSA) is 26.0 Å². The largest absolute Gasteiger partial charge is 0.328 e. The standard InChI is InChI=1S/C10H13F2N/c1-6(13)5-8-3-4-9(11)10(12)7(8)2/h3-4,6H,5,13H2,1-2H3/t6-/m0/s1. The molecule has 1 nitrogen and oxygen atoms in total. The van der Waals surface area contributed by atoms with E-state index < -0.39 is 11.6 Å². The van der Waals surface area contributed by atoms with Crippen LogP contribution in [0.2, 0.25) is 0 Å². The van der Waals surface area contributed by atoms with Gasteiger partial charge in [-0.15, -0.1) is 0 Å². The third-order valence-corrected chi connectivity index (χ3v) is 1.99. The van der Waals surface area contributed by atoms with Crippen molar-refractivity contribution in [2.24, 2.45) is 5.73 Å². The maximum atomic E-state index is 13.0. The molecule has 0 heterocycles. The first-order chi connectivity index (χ1) is 6.02. The van der Waals surface area contributed by atoms with Crippen LogP contribution in [0.1, 0.15) is 18.1 Å². The van der Waals surface area contributed by atoms with Gasteiger partial charge in [0, 0.05) is 6.04 Å². The van der Waals surface area contributed by atoms with E-state index in [9.17, 15) is 8.78 Å². The molecule has 1 atom stereocenters. The Morgan fingerprint density at radius 2 is 2.00 bits per heavy atom.